The van der Waals surface area contributed by atoms with Crippen LogP contribution in [0.5, 0.6) is 0 Å². The standard InChI is InChI=1S/C16H26N2O/c1-12-8-9-15(13(2)10-12)11-18(4)16(19)7-5-6-14(3)17/h8-10,14H,5-7,11,17H2,1-4H3. The number of amides is 1. The summed E-state index contributed by atoms with van der Waals surface area (Å²) in [6.07, 6.45) is 2.36. The van der Waals surface area contributed by atoms with Gasteiger partial charge in [0.1, 0.15) is 0 Å². The number of carbonyl (C=O) groups is 1. The van der Waals surface area contributed by atoms with E-state index in [1.807, 2.05) is 14.0 Å². The summed E-state index contributed by atoms with van der Waals surface area (Å²) in [4.78, 5) is 13.8. The van der Waals surface area contributed by atoms with Gasteiger partial charge in [-0.2, -0.15) is 0 Å². The lowest BCUT2D eigenvalue weighted by atomic mass is 10.1. The molecule has 0 saturated carbocycles. The highest BCUT2D eigenvalue weighted by Gasteiger charge is 2.10. The summed E-state index contributed by atoms with van der Waals surface area (Å²) in [5.74, 6) is 0.195. The number of benzene rings is 1. The number of hydrogen-bond donors (Lipinski definition) is 1. The van der Waals surface area contributed by atoms with Crippen LogP contribution in [0.1, 0.15) is 42.9 Å². The molecule has 106 valence electrons. The van der Waals surface area contributed by atoms with Crippen molar-refractivity contribution in [2.45, 2.75) is 52.6 Å². The first-order chi connectivity index (χ1) is 8.90. The topological polar surface area (TPSA) is 46.3 Å². The van der Waals surface area contributed by atoms with E-state index in [2.05, 4.69) is 32.0 Å². The molecule has 1 atom stereocenters. The summed E-state index contributed by atoms with van der Waals surface area (Å²) in [6.45, 7) is 6.84. The highest BCUT2D eigenvalue weighted by molar-refractivity contribution is 5.75. The number of hydrogen-bond acceptors (Lipinski definition) is 2. The van der Waals surface area contributed by atoms with Gasteiger partial charge in [0.25, 0.3) is 0 Å². The molecular weight excluding hydrogens is 236 g/mol. The van der Waals surface area contributed by atoms with Crippen LogP contribution in [-0.2, 0) is 11.3 Å². The molecule has 3 nitrogen and oxygen atoms in total. The second-order valence-electron chi connectivity index (χ2n) is 5.55. The van der Waals surface area contributed by atoms with E-state index in [0.29, 0.717) is 13.0 Å². The molecule has 0 saturated heterocycles. The second kappa shape index (κ2) is 7.29. The average molecular weight is 262 g/mol. The molecule has 0 fully saturated rings. The molecule has 2 N–H and O–H groups in total. The van der Waals surface area contributed by atoms with Gasteiger partial charge in [0.05, 0.1) is 0 Å². The largest absolute Gasteiger partial charge is 0.341 e. The number of nitrogens with two attached hydrogens (primary N) is 1. The molecule has 3 heteroatoms. The fourth-order valence-corrected chi connectivity index (χ4v) is 2.13. The molecule has 0 radical (unpaired) electrons. The van der Waals surface area contributed by atoms with Crippen LogP contribution in [-0.4, -0.2) is 23.9 Å². The Morgan fingerprint density at radius 2 is 2.05 bits per heavy atom. The van der Waals surface area contributed by atoms with Crippen molar-refractivity contribution in [3.63, 3.8) is 0 Å². The lowest BCUT2D eigenvalue weighted by molar-refractivity contribution is -0.130. The Bertz CT molecular complexity index is 427. The molecule has 0 aliphatic carbocycles. The molecule has 0 bridgehead atoms. The molecule has 0 aliphatic heterocycles. The van der Waals surface area contributed by atoms with Crippen LogP contribution in [0, 0.1) is 13.8 Å². The Kier molecular flexibility index (Phi) is 6.03. The Morgan fingerprint density at radius 1 is 1.37 bits per heavy atom. The zero-order valence-corrected chi connectivity index (χ0v) is 12.6. The van der Waals surface area contributed by atoms with E-state index >= 15 is 0 Å². The summed E-state index contributed by atoms with van der Waals surface area (Å²) < 4.78 is 0. The fourth-order valence-electron chi connectivity index (χ4n) is 2.13. The van der Waals surface area contributed by atoms with E-state index in [1.165, 1.54) is 16.7 Å². The lowest BCUT2D eigenvalue weighted by Gasteiger charge is -2.19. The van der Waals surface area contributed by atoms with Crippen LogP contribution in [0.15, 0.2) is 18.2 Å². The molecule has 0 aromatic heterocycles. The van der Waals surface area contributed by atoms with Crippen molar-refractivity contribution in [1.82, 2.24) is 4.90 Å². The first-order valence-electron chi connectivity index (χ1n) is 6.96. The van der Waals surface area contributed by atoms with Gasteiger partial charge < -0.3 is 10.6 Å². The summed E-state index contributed by atoms with van der Waals surface area (Å²) in [5, 5.41) is 0. The van der Waals surface area contributed by atoms with E-state index in [9.17, 15) is 4.79 Å². The molecule has 0 aliphatic rings. The highest BCUT2D eigenvalue weighted by atomic mass is 16.2. The zero-order chi connectivity index (χ0) is 14.4. The van der Waals surface area contributed by atoms with Crippen molar-refractivity contribution in [2.75, 3.05) is 7.05 Å². The van der Waals surface area contributed by atoms with E-state index in [-0.39, 0.29) is 11.9 Å². The molecule has 0 spiro atoms. The van der Waals surface area contributed by atoms with Crippen LogP contribution in [0.25, 0.3) is 0 Å². The number of nitrogens with zero attached hydrogens (tertiary/aromatic N) is 1. The van der Waals surface area contributed by atoms with Crippen LogP contribution in [0.3, 0.4) is 0 Å². The Morgan fingerprint density at radius 3 is 2.63 bits per heavy atom. The Balaban J connectivity index is 2.49. The van der Waals surface area contributed by atoms with Crippen LogP contribution in [0.4, 0.5) is 0 Å². The predicted octanol–water partition coefficient (Wildman–Crippen LogP) is 2.78. The van der Waals surface area contributed by atoms with Crippen LogP contribution in [0.2, 0.25) is 0 Å². The average Bonchev–Trinajstić information content (AvgIpc) is 2.32. The zero-order valence-electron chi connectivity index (χ0n) is 12.6. The van der Waals surface area contributed by atoms with Crippen LogP contribution < -0.4 is 5.73 Å². The molecule has 1 unspecified atom stereocenters. The van der Waals surface area contributed by atoms with Crippen LogP contribution >= 0.6 is 0 Å². The maximum atomic E-state index is 12.0. The predicted molar refractivity (Wildman–Crippen MR) is 79.9 cm³/mol. The minimum Gasteiger partial charge on any atom is -0.341 e. The van der Waals surface area contributed by atoms with Gasteiger partial charge in [0, 0.05) is 26.1 Å². The fraction of sp³-hybridized carbons (Fsp3) is 0.562. The van der Waals surface area contributed by atoms with Crippen molar-refractivity contribution in [2.24, 2.45) is 5.73 Å². The minimum absolute atomic E-state index is 0.178. The SMILES string of the molecule is Cc1ccc(CN(C)C(=O)CCCC(C)N)c(C)c1. The first-order valence-corrected chi connectivity index (χ1v) is 6.96. The first kappa shape index (κ1) is 15.7. The van der Waals surface area contributed by atoms with Gasteiger partial charge in [-0.1, -0.05) is 23.8 Å². The summed E-state index contributed by atoms with van der Waals surface area (Å²) in [5.41, 5.74) is 9.41. The van der Waals surface area contributed by atoms with Crippen molar-refractivity contribution in [1.29, 1.82) is 0 Å². The van der Waals surface area contributed by atoms with E-state index in [0.717, 1.165) is 12.8 Å². The molecule has 0 heterocycles. The number of rotatable bonds is 6. The molecule has 1 aromatic rings. The second-order valence-corrected chi connectivity index (χ2v) is 5.55. The quantitative estimate of drug-likeness (QED) is 0.857. The van der Waals surface area contributed by atoms with Gasteiger partial charge in [-0.25, -0.2) is 0 Å². The number of carbonyl (C=O) groups excluding carboxylic acids is 1. The van der Waals surface area contributed by atoms with Gasteiger partial charge in [0.15, 0.2) is 0 Å². The summed E-state index contributed by atoms with van der Waals surface area (Å²) in [7, 11) is 1.87. The molecule has 1 aromatic carbocycles. The maximum Gasteiger partial charge on any atom is 0.222 e. The molecule has 1 amide bonds. The third kappa shape index (κ3) is 5.43. The third-order valence-electron chi connectivity index (χ3n) is 3.38. The summed E-state index contributed by atoms with van der Waals surface area (Å²) >= 11 is 0. The molecule has 1 rings (SSSR count). The lowest BCUT2D eigenvalue weighted by Crippen LogP contribution is -2.26. The minimum atomic E-state index is 0.178. The smallest absolute Gasteiger partial charge is 0.222 e. The van der Waals surface area contributed by atoms with Crippen molar-refractivity contribution in [3.8, 4) is 0 Å². The normalized spacial score (nSPS) is 12.3. The van der Waals surface area contributed by atoms with Gasteiger partial charge in [-0.05, 0) is 44.7 Å². The van der Waals surface area contributed by atoms with Gasteiger partial charge in [0.2, 0.25) is 5.91 Å². The Labute approximate surface area is 116 Å². The molecular formula is C16H26N2O. The van der Waals surface area contributed by atoms with Gasteiger partial charge in [-0.15, -0.1) is 0 Å². The van der Waals surface area contributed by atoms with E-state index in [4.69, 9.17) is 5.73 Å². The maximum absolute atomic E-state index is 12.0. The molecule has 19 heavy (non-hydrogen) atoms. The monoisotopic (exact) mass is 262 g/mol. The van der Waals surface area contributed by atoms with Crippen molar-refractivity contribution >= 4 is 5.91 Å². The Hall–Kier alpha value is -1.35. The van der Waals surface area contributed by atoms with Gasteiger partial charge in [-0.3, -0.25) is 4.79 Å². The summed E-state index contributed by atoms with van der Waals surface area (Å²) in [6, 6.07) is 6.54. The highest BCUT2D eigenvalue weighted by Crippen LogP contribution is 2.13. The van der Waals surface area contributed by atoms with Crippen molar-refractivity contribution in [3.05, 3.63) is 34.9 Å². The third-order valence-corrected chi connectivity index (χ3v) is 3.38. The van der Waals surface area contributed by atoms with E-state index in [1.54, 1.807) is 4.90 Å². The van der Waals surface area contributed by atoms with Crippen molar-refractivity contribution < 1.29 is 4.79 Å². The van der Waals surface area contributed by atoms with Gasteiger partial charge >= 0.3 is 0 Å². The van der Waals surface area contributed by atoms with E-state index < -0.39 is 0 Å². The number of aryl methyl sites for hydroxylation is 2.